The van der Waals surface area contributed by atoms with Gasteiger partial charge in [0.1, 0.15) is 11.2 Å². The number of hydrogen-bond donors (Lipinski definition) is 0. The van der Waals surface area contributed by atoms with Gasteiger partial charge in [0.25, 0.3) is 0 Å². The highest BCUT2D eigenvalue weighted by Gasteiger charge is 2.19. The van der Waals surface area contributed by atoms with E-state index in [2.05, 4.69) is 215 Å². The second kappa shape index (κ2) is 14.1. The molecule has 0 fully saturated rings. The molecule has 4 nitrogen and oxygen atoms in total. The second-order valence-electron chi connectivity index (χ2n) is 16.3. The van der Waals surface area contributed by atoms with Crippen molar-refractivity contribution < 1.29 is 4.42 Å². The van der Waals surface area contributed by atoms with Gasteiger partial charge in [0, 0.05) is 55.5 Å². The van der Waals surface area contributed by atoms with E-state index in [1.165, 1.54) is 49.3 Å². The third-order valence-electron chi connectivity index (χ3n) is 12.8. The van der Waals surface area contributed by atoms with Crippen LogP contribution in [0.1, 0.15) is 0 Å². The first-order chi connectivity index (χ1) is 31.2. The fourth-order valence-corrected chi connectivity index (χ4v) is 9.95. The molecule has 0 aliphatic heterocycles. The minimum atomic E-state index is 0.865. The molecule has 4 heterocycles. The molecule has 9 aromatic carbocycles. The molecule has 0 atom stereocenters. The Balaban J connectivity index is 0.952. The molecule has 0 unspecified atom stereocenters. The summed E-state index contributed by atoms with van der Waals surface area (Å²) in [4.78, 5) is 4.69. The van der Waals surface area contributed by atoms with E-state index in [0.717, 1.165) is 72.2 Å². The van der Waals surface area contributed by atoms with Crippen LogP contribution >= 0.6 is 0 Å². The van der Waals surface area contributed by atoms with Crippen LogP contribution in [-0.2, 0) is 0 Å². The van der Waals surface area contributed by atoms with Crippen molar-refractivity contribution >= 4 is 65.6 Å². The zero-order chi connectivity index (χ0) is 41.4. The molecule has 0 saturated carbocycles. The summed E-state index contributed by atoms with van der Waals surface area (Å²) < 4.78 is 11.3. The van der Waals surface area contributed by atoms with Gasteiger partial charge in [-0.1, -0.05) is 133 Å². The van der Waals surface area contributed by atoms with Crippen molar-refractivity contribution in [2.24, 2.45) is 0 Å². The van der Waals surface area contributed by atoms with Crippen molar-refractivity contribution in [2.45, 2.75) is 0 Å². The van der Waals surface area contributed by atoms with Gasteiger partial charge < -0.3 is 13.6 Å². The van der Waals surface area contributed by atoms with Crippen LogP contribution < -0.4 is 0 Å². The van der Waals surface area contributed by atoms with Crippen LogP contribution in [0.25, 0.3) is 122 Å². The first-order valence-corrected chi connectivity index (χ1v) is 21.4. The van der Waals surface area contributed by atoms with E-state index in [1.807, 2.05) is 18.3 Å². The van der Waals surface area contributed by atoms with Crippen LogP contribution in [0.5, 0.6) is 0 Å². The quantitative estimate of drug-likeness (QED) is 0.168. The lowest BCUT2D eigenvalue weighted by Crippen LogP contribution is -1.94. The average molecular weight is 804 g/mol. The van der Waals surface area contributed by atoms with E-state index >= 15 is 0 Å². The SMILES string of the molecule is c1ccc(-c2ccccc2-c2ccc3c(c2)c2ccccc2n3-c2ccc3oc4ccc(-n5c6ccccc6c6cc(-c7ccccc7-c7ccccn7)ccc65)cc4c3c2)cc1. The summed E-state index contributed by atoms with van der Waals surface area (Å²) in [5.41, 5.74) is 17.8. The monoisotopic (exact) mass is 803 g/mol. The second-order valence-corrected chi connectivity index (χ2v) is 16.3. The summed E-state index contributed by atoms with van der Waals surface area (Å²) in [6.45, 7) is 0. The van der Waals surface area contributed by atoms with E-state index < -0.39 is 0 Å². The molecular weight excluding hydrogens is 767 g/mol. The number of pyridine rings is 1. The maximum atomic E-state index is 6.55. The Bertz CT molecular complexity index is 3650. The van der Waals surface area contributed by atoms with Crippen molar-refractivity contribution in [3.63, 3.8) is 0 Å². The minimum Gasteiger partial charge on any atom is -0.456 e. The van der Waals surface area contributed by atoms with Gasteiger partial charge in [-0.2, -0.15) is 0 Å². The van der Waals surface area contributed by atoms with Crippen molar-refractivity contribution in [2.75, 3.05) is 0 Å². The zero-order valence-electron chi connectivity index (χ0n) is 34.1. The van der Waals surface area contributed by atoms with Gasteiger partial charge in [0.15, 0.2) is 0 Å². The van der Waals surface area contributed by atoms with Crippen LogP contribution in [0, 0.1) is 0 Å². The molecule has 4 heteroatoms. The van der Waals surface area contributed by atoms with E-state index in [0.29, 0.717) is 0 Å². The summed E-state index contributed by atoms with van der Waals surface area (Å²) in [6.07, 6.45) is 1.86. The molecule has 63 heavy (non-hydrogen) atoms. The molecule has 0 amide bonds. The minimum absolute atomic E-state index is 0.865. The fraction of sp³-hybridized carbons (Fsp3) is 0. The van der Waals surface area contributed by atoms with Crippen LogP contribution in [-0.4, -0.2) is 14.1 Å². The molecule has 13 aromatic rings. The molecule has 13 rings (SSSR count). The third kappa shape index (κ3) is 5.59. The lowest BCUT2D eigenvalue weighted by Gasteiger charge is -2.12. The molecular formula is C59H37N3O. The Labute approximate surface area is 363 Å². The Morgan fingerprint density at radius 2 is 0.762 bits per heavy atom. The molecule has 0 N–H and O–H groups in total. The molecule has 0 aliphatic rings. The summed E-state index contributed by atoms with van der Waals surface area (Å²) in [5.74, 6) is 0. The Morgan fingerprint density at radius 1 is 0.302 bits per heavy atom. The molecule has 0 radical (unpaired) electrons. The van der Waals surface area contributed by atoms with Gasteiger partial charge in [-0.25, -0.2) is 0 Å². The molecule has 294 valence electrons. The number of aromatic nitrogens is 3. The van der Waals surface area contributed by atoms with Crippen molar-refractivity contribution in [3.05, 3.63) is 225 Å². The zero-order valence-corrected chi connectivity index (χ0v) is 34.1. The summed E-state index contributed by atoms with van der Waals surface area (Å²) in [5, 5.41) is 7.02. The highest BCUT2D eigenvalue weighted by atomic mass is 16.3. The lowest BCUT2D eigenvalue weighted by molar-refractivity contribution is 0.669. The van der Waals surface area contributed by atoms with Gasteiger partial charge in [-0.05, 0) is 118 Å². The summed E-state index contributed by atoms with van der Waals surface area (Å²) in [6, 6.07) is 78.4. The maximum absolute atomic E-state index is 6.55. The van der Waals surface area contributed by atoms with Crippen LogP contribution in [0.2, 0.25) is 0 Å². The predicted molar refractivity (Wildman–Crippen MR) is 262 cm³/mol. The molecule has 4 aromatic heterocycles. The number of nitrogens with zero attached hydrogens (tertiary/aromatic N) is 3. The van der Waals surface area contributed by atoms with E-state index in [1.54, 1.807) is 0 Å². The Kier molecular flexibility index (Phi) is 7.87. The number of hydrogen-bond acceptors (Lipinski definition) is 2. The van der Waals surface area contributed by atoms with Crippen molar-refractivity contribution in [1.82, 2.24) is 14.1 Å². The summed E-state index contributed by atoms with van der Waals surface area (Å²) in [7, 11) is 0. The number of para-hydroxylation sites is 2. The molecule has 0 spiro atoms. The number of benzene rings is 9. The van der Waals surface area contributed by atoms with E-state index in [4.69, 9.17) is 9.40 Å². The van der Waals surface area contributed by atoms with E-state index in [-0.39, 0.29) is 0 Å². The number of rotatable bonds is 6. The normalized spacial score (nSPS) is 11.8. The van der Waals surface area contributed by atoms with Gasteiger partial charge in [-0.3, -0.25) is 4.98 Å². The number of fused-ring (bicyclic) bond motifs is 9. The summed E-state index contributed by atoms with van der Waals surface area (Å²) >= 11 is 0. The van der Waals surface area contributed by atoms with Crippen molar-refractivity contribution in [3.8, 4) is 56.0 Å². The Hall–Kier alpha value is -8.47. The smallest absolute Gasteiger partial charge is 0.135 e. The van der Waals surface area contributed by atoms with Crippen LogP contribution in [0.4, 0.5) is 0 Å². The van der Waals surface area contributed by atoms with E-state index in [9.17, 15) is 0 Å². The third-order valence-corrected chi connectivity index (χ3v) is 12.8. The Morgan fingerprint density at radius 3 is 1.32 bits per heavy atom. The topological polar surface area (TPSA) is 35.9 Å². The fourth-order valence-electron chi connectivity index (χ4n) is 9.95. The molecule has 0 bridgehead atoms. The average Bonchev–Trinajstić information content (AvgIpc) is 4.01. The van der Waals surface area contributed by atoms with Gasteiger partial charge in [0.05, 0.1) is 27.8 Å². The number of furan rings is 1. The lowest BCUT2D eigenvalue weighted by atomic mass is 9.94. The maximum Gasteiger partial charge on any atom is 0.135 e. The van der Waals surface area contributed by atoms with Crippen molar-refractivity contribution in [1.29, 1.82) is 0 Å². The standard InChI is InChI=1S/C59H37N3O/c1-2-14-38(15-3-1)43-16-4-5-17-44(43)39-25-29-56-49(34-39)47-20-8-10-23-54(47)61(56)41-27-31-58-51(36-41)52-37-42(28-32-59(52)63-58)62-55-24-11-9-21-48(55)50-35-40(26-30-57(50)62)45-18-6-7-19-46(45)53-22-12-13-33-60-53/h1-37H. The highest BCUT2D eigenvalue weighted by Crippen LogP contribution is 2.42. The molecule has 0 aliphatic carbocycles. The van der Waals surface area contributed by atoms with Crippen LogP contribution in [0.3, 0.4) is 0 Å². The van der Waals surface area contributed by atoms with Crippen LogP contribution in [0.15, 0.2) is 229 Å². The first-order valence-electron chi connectivity index (χ1n) is 21.4. The molecule has 0 saturated heterocycles. The highest BCUT2D eigenvalue weighted by molar-refractivity contribution is 6.13. The van der Waals surface area contributed by atoms with Gasteiger partial charge in [-0.15, -0.1) is 0 Å². The predicted octanol–water partition coefficient (Wildman–Crippen LogP) is 15.8. The van der Waals surface area contributed by atoms with Gasteiger partial charge >= 0.3 is 0 Å². The first kappa shape index (κ1) is 35.3. The van der Waals surface area contributed by atoms with Gasteiger partial charge in [0.2, 0.25) is 0 Å². The largest absolute Gasteiger partial charge is 0.456 e.